The van der Waals surface area contributed by atoms with E-state index in [1.165, 1.54) is 4.57 Å². The Morgan fingerprint density at radius 2 is 2.44 bits per heavy atom. The molecule has 3 N–H and O–H groups in total. The van der Waals surface area contributed by atoms with Crippen LogP contribution in [0.25, 0.3) is 0 Å². The summed E-state index contributed by atoms with van der Waals surface area (Å²) in [7, 11) is 0. The summed E-state index contributed by atoms with van der Waals surface area (Å²) in [6, 6.07) is 1.55. The standard InChI is InChI=1S/C10H17N3O3/c1-2-3-9(16-7-6-14)13-5-4-8(11)12-10(13)15/h4-5,9,14H,2-3,6-7H2,1H3,(H2,11,12,15). The third-order valence-corrected chi connectivity index (χ3v) is 2.10. The maximum atomic E-state index is 11.5. The number of aliphatic hydroxyl groups excluding tert-OH is 1. The van der Waals surface area contributed by atoms with E-state index in [1.807, 2.05) is 6.92 Å². The molecule has 0 bridgehead atoms. The molecule has 0 radical (unpaired) electrons. The number of ether oxygens (including phenoxy) is 1. The van der Waals surface area contributed by atoms with Gasteiger partial charge in [0.25, 0.3) is 0 Å². The Labute approximate surface area is 93.7 Å². The maximum Gasteiger partial charge on any atom is 0.351 e. The Morgan fingerprint density at radius 3 is 3.00 bits per heavy atom. The molecule has 0 aliphatic carbocycles. The lowest BCUT2D eigenvalue weighted by molar-refractivity contribution is -0.0231. The summed E-state index contributed by atoms with van der Waals surface area (Å²) < 4.78 is 6.76. The van der Waals surface area contributed by atoms with Crippen molar-refractivity contribution in [3.63, 3.8) is 0 Å². The largest absolute Gasteiger partial charge is 0.394 e. The fourth-order valence-corrected chi connectivity index (χ4v) is 1.38. The van der Waals surface area contributed by atoms with E-state index in [2.05, 4.69) is 4.98 Å². The average Bonchev–Trinajstić information content (AvgIpc) is 2.25. The van der Waals surface area contributed by atoms with Gasteiger partial charge >= 0.3 is 5.69 Å². The van der Waals surface area contributed by atoms with Gasteiger partial charge in [-0.25, -0.2) is 4.79 Å². The highest BCUT2D eigenvalue weighted by molar-refractivity contribution is 5.23. The van der Waals surface area contributed by atoms with Gasteiger partial charge in [-0.3, -0.25) is 4.57 Å². The molecule has 1 unspecified atom stereocenters. The van der Waals surface area contributed by atoms with Crippen LogP contribution in [-0.2, 0) is 4.74 Å². The molecule has 1 aromatic rings. The number of aliphatic hydroxyl groups is 1. The van der Waals surface area contributed by atoms with Crippen molar-refractivity contribution in [2.75, 3.05) is 18.9 Å². The second-order valence-corrected chi connectivity index (χ2v) is 3.38. The van der Waals surface area contributed by atoms with Crippen molar-refractivity contribution in [3.8, 4) is 0 Å². The van der Waals surface area contributed by atoms with E-state index in [-0.39, 0.29) is 19.0 Å². The van der Waals surface area contributed by atoms with Crippen LogP contribution in [-0.4, -0.2) is 27.9 Å². The lowest BCUT2D eigenvalue weighted by atomic mass is 10.3. The number of aromatic nitrogens is 2. The molecule has 0 saturated heterocycles. The highest BCUT2D eigenvalue weighted by Crippen LogP contribution is 2.12. The summed E-state index contributed by atoms with van der Waals surface area (Å²) in [6.45, 7) is 2.12. The first-order chi connectivity index (χ1) is 7.69. The third kappa shape index (κ3) is 3.32. The van der Waals surface area contributed by atoms with Crippen LogP contribution in [0.1, 0.15) is 26.0 Å². The van der Waals surface area contributed by atoms with Gasteiger partial charge in [-0.15, -0.1) is 0 Å². The lowest BCUT2D eigenvalue weighted by Gasteiger charge is -2.18. The van der Waals surface area contributed by atoms with Gasteiger partial charge in [-0.2, -0.15) is 4.98 Å². The Hall–Kier alpha value is -1.40. The normalized spacial score (nSPS) is 12.6. The van der Waals surface area contributed by atoms with E-state index in [4.69, 9.17) is 15.6 Å². The molecule has 1 rings (SSSR count). The zero-order chi connectivity index (χ0) is 12.0. The van der Waals surface area contributed by atoms with Crippen molar-refractivity contribution in [2.24, 2.45) is 0 Å². The van der Waals surface area contributed by atoms with Gasteiger partial charge in [0, 0.05) is 6.20 Å². The van der Waals surface area contributed by atoms with E-state index in [1.54, 1.807) is 12.3 Å². The number of rotatable bonds is 6. The van der Waals surface area contributed by atoms with Gasteiger partial charge < -0.3 is 15.6 Å². The minimum Gasteiger partial charge on any atom is -0.394 e. The molecule has 90 valence electrons. The fourth-order valence-electron chi connectivity index (χ4n) is 1.38. The number of nitrogens with zero attached hydrogens (tertiary/aromatic N) is 2. The van der Waals surface area contributed by atoms with Crippen LogP contribution in [0.2, 0.25) is 0 Å². The molecule has 1 aromatic heterocycles. The molecular formula is C10H17N3O3. The predicted molar refractivity (Wildman–Crippen MR) is 59.9 cm³/mol. The van der Waals surface area contributed by atoms with E-state index in [0.29, 0.717) is 6.42 Å². The Balaban J connectivity index is 2.87. The number of nitrogens with two attached hydrogens (primary N) is 1. The van der Waals surface area contributed by atoms with E-state index >= 15 is 0 Å². The van der Waals surface area contributed by atoms with Crippen LogP contribution < -0.4 is 11.4 Å². The van der Waals surface area contributed by atoms with Gasteiger partial charge in [0.2, 0.25) is 0 Å². The average molecular weight is 227 g/mol. The highest BCUT2D eigenvalue weighted by atomic mass is 16.5. The number of hydrogen-bond donors (Lipinski definition) is 2. The summed E-state index contributed by atoms with van der Waals surface area (Å²) in [5, 5.41) is 8.70. The molecule has 16 heavy (non-hydrogen) atoms. The molecule has 0 spiro atoms. The van der Waals surface area contributed by atoms with Crippen LogP contribution in [0.15, 0.2) is 17.1 Å². The summed E-state index contributed by atoms with van der Waals surface area (Å²) in [6.07, 6.45) is 2.72. The quantitative estimate of drug-likeness (QED) is 0.721. The number of nitrogen functional groups attached to an aromatic ring is 1. The number of anilines is 1. The smallest absolute Gasteiger partial charge is 0.351 e. The van der Waals surface area contributed by atoms with Crippen LogP contribution in [0.3, 0.4) is 0 Å². The van der Waals surface area contributed by atoms with Crippen molar-refractivity contribution in [2.45, 2.75) is 26.0 Å². The monoisotopic (exact) mass is 227 g/mol. The first-order valence-electron chi connectivity index (χ1n) is 5.26. The Kier molecular flexibility index (Phi) is 4.94. The van der Waals surface area contributed by atoms with E-state index < -0.39 is 11.9 Å². The molecule has 6 heteroatoms. The number of hydrogen-bond acceptors (Lipinski definition) is 5. The summed E-state index contributed by atoms with van der Waals surface area (Å²) in [5.74, 6) is 0.193. The summed E-state index contributed by atoms with van der Waals surface area (Å²) >= 11 is 0. The molecule has 0 aliphatic heterocycles. The van der Waals surface area contributed by atoms with Gasteiger partial charge in [0.05, 0.1) is 13.2 Å². The van der Waals surface area contributed by atoms with Crippen molar-refractivity contribution in [1.82, 2.24) is 9.55 Å². The van der Waals surface area contributed by atoms with Crippen molar-refractivity contribution in [3.05, 3.63) is 22.7 Å². The fraction of sp³-hybridized carbons (Fsp3) is 0.600. The second-order valence-electron chi connectivity index (χ2n) is 3.38. The van der Waals surface area contributed by atoms with Gasteiger partial charge in [-0.1, -0.05) is 13.3 Å². The molecule has 0 aliphatic rings. The van der Waals surface area contributed by atoms with Crippen molar-refractivity contribution >= 4 is 5.82 Å². The molecule has 0 saturated carbocycles. The van der Waals surface area contributed by atoms with Crippen molar-refractivity contribution < 1.29 is 9.84 Å². The Morgan fingerprint density at radius 1 is 1.69 bits per heavy atom. The van der Waals surface area contributed by atoms with Gasteiger partial charge in [0.1, 0.15) is 12.0 Å². The van der Waals surface area contributed by atoms with E-state index in [0.717, 1.165) is 6.42 Å². The van der Waals surface area contributed by atoms with Crippen LogP contribution in [0.5, 0.6) is 0 Å². The van der Waals surface area contributed by atoms with Crippen molar-refractivity contribution in [1.29, 1.82) is 0 Å². The maximum absolute atomic E-state index is 11.5. The van der Waals surface area contributed by atoms with Crippen LogP contribution >= 0.6 is 0 Å². The summed E-state index contributed by atoms with van der Waals surface area (Å²) in [5.41, 5.74) is 4.96. The molecule has 0 aromatic carbocycles. The topological polar surface area (TPSA) is 90.4 Å². The summed E-state index contributed by atoms with van der Waals surface area (Å²) in [4.78, 5) is 15.2. The first kappa shape index (κ1) is 12.7. The SMILES string of the molecule is CCCC(OCCO)n1ccc(N)nc1=O. The lowest BCUT2D eigenvalue weighted by Crippen LogP contribution is -2.29. The zero-order valence-electron chi connectivity index (χ0n) is 9.30. The van der Waals surface area contributed by atoms with Crippen LogP contribution in [0.4, 0.5) is 5.82 Å². The predicted octanol–water partition coefficient (Wildman–Crippen LogP) is 0.133. The Bertz CT molecular complexity index is 378. The third-order valence-electron chi connectivity index (χ3n) is 2.10. The van der Waals surface area contributed by atoms with Crippen LogP contribution in [0, 0.1) is 0 Å². The molecule has 1 heterocycles. The molecule has 0 amide bonds. The first-order valence-corrected chi connectivity index (χ1v) is 5.26. The van der Waals surface area contributed by atoms with Gasteiger partial charge in [-0.05, 0) is 12.5 Å². The highest BCUT2D eigenvalue weighted by Gasteiger charge is 2.12. The zero-order valence-corrected chi connectivity index (χ0v) is 9.30. The minimum absolute atomic E-state index is 0.0721. The van der Waals surface area contributed by atoms with Gasteiger partial charge in [0.15, 0.2) is 0 Å². The molecule has 6 nitrogen and oxygen atoms in total. The molecule has 1 atom stereocenters. The molecular weight excluding hydrogens is 210 g/mol. The second kappa shape index (κ2) is 6.24. The van der Waals surface area contributed by atoms with E-state index in [9.17, 15) is 4.79 Å². The molecule has 0 fully saturated rings. The minimum atomic E-state index is -0.434.